The standard InChI is InChI=1S/C16H21FN4O2/c1-11(2)15-18-16(23-19-15)21-8-6-20(7-9-21)12-4-5-14(22-3)13(17)10-12/h4-5,10-11H,6-9H2,1-3H3. The molecule has 1 fully saturated rings. The van der Waals surface area contributed by atoms with E-state index >= 15 is 0 Å². The van der Waals surface area contributed by atoms with Crippen LogP contribution in [0.25, 0.3) is 0 Å². The van der Waals surface area contributed by atoms with Crippen LogP contribution < -0.4 is 14.5 Å². The second-order valence-corrected chi connectivity index (χ2v) is 5.88. The Hall–Kier alpha value is -2.31. The van der Waals surface area contributed by atoms with Gasteiger partial charge in [-0.05, 0) is 12.1 Å². The molecule has 0 amide bonds. The first-order chi connectivity index (χ1) is 11.1. The van der Waals surface area contributed by atoms with Gasteiger partial charge in [0, 0.05) is 43.9 Å². The highest BCUT2D eigenvalue weighted by molar-refractivity contribution is 5.51. The highest BCUT2D eigenvalue weighted by Crippen LogP contribution is 2.25. The van der Waals surface area contributed by atoms with Gasteiger partial charge in [0.1, 0.15) is 0 Å². The Morgan fingerprint density at radius 1 is 1.17 bits per heavy atom. The van der Waals surface area contributed by atoms with E-state index in [1.807, 2.05) is 19.9 Å². The minimum Gasteiger partial charge on any atom is -0.494 e. The summed E-state index contributed by atoms with van der Waals surface area (Å²) in [5.41, 5.74) is 0.858. The van der Waals surface area contributed by atoms with Crippen molar-refractivity contribution < 1.29 is 13.7 Å². The van der Waals surface area contributed by atoms with E-state index in [2.05, 4.69) is 19.9 Å². The Bertz CT molecular complexity index is 666. The van der Waals surface area contributed by atoms with Crippen LogP contribution >= 0.6 is 0 Å². The van der Waals surface area contributed by atoms with E-state index in [1.165, 1.54) is 13.2 Å². The van der Waals surface area contributed by atoms with Gasteiger partial charge in [0.15, 0.2) is 17.4 Å². The molecule has 1 aromatic carbocycles. The fraction of sp³-hybridized carbons (Fsp3) is 0.500. The molecule has 0 radical (unpaired) electrons. The van der Waals surface area contributed by atoms with Crippen LogP contribution in [0.1, 0.15) is 25.6 Å². The third-order valence-electron chi connectivity index (χ3n) is 4.00. The molecule has 1 saturated heterocycles. The van der Waals surface area contributed by atoms with E-state index in [4.69, 9.17) is 9.26 Å². The minimum atomic E-state index is -0.342. The Kier molecular flexibility index (Phi) is 4.36. The molecule has 0 unspecified atom stereocenters. The molecule has 1 aliphatic rings. The van der Waals surface area contributed by atoms with E-state index in [0.29, 0.717) is 6.01 Å². The third kappa shape index (κ3) is 3.23. The van der Waals surface area contributed by atoms with Crippen LogP contribution in [0.2, 0.25) is 0 Å². The number of piperazine rings is 1. The Labute approximate surface area is 134 Å². The number of hydrogen-bond donors (Lipinski definition) is 0. The number of rotatable bonds is 4. The van der Waals surface area contributed by atoms with Crippen molar-refractivity contribution >= 4 is 11.7 Å². The lowest BCUT2D eigenvalue weighted by Crippen LogP contribution is -2.46. The van der Waals surface area contributed by atoms with Crippen LogP contribution in [-0.2, 0) is 0 Å². The largest absolute Gasteiger partial charge is 0.494 e. The van der Waals surface area contributed by atoms with Crippen molar-refractivity contribution in [1.82, 2.24) is 10.1 Å². The zero-order chi connectivity index (χ0) is 16.4. The molecule has 23 heavy (non-hydrogen) atoms. The first kappa shape index (κ1) is 15.6. The third-order valence-corrected chi connectivity index (χ3v) is 4.00. The molecule has 2 heterocycles. The molecule has 0 N–H and O–H groups in total. The summed E-state index contributed by atoms with van der Waals surface area (Å²) in [7, 11) is 1.46. The number of nitrogens with zero attached hydrogens (tertiary/aromatic N) is 4. The van der Waals surface area contributed by atoms with E-state index in [0.717, 1.165) is 37.7 Å². The predicted molar refractivity (Wildman–Crippen MR) is 85.8 cm³/mol. The smallest absolute Gasteiger partial charge is 0.324 e. The molecule has 124 valence electrons. The summed E-state index contributed by atoms with van der Waals surface area (Å²) < 4.78 is 24.1. The minimum absolute atomic E-state index is 0.246. The predicted octanol–water partition coefficient (Wildman–Crippen LogP) is 2.67. The summed E-state index contributed by atoms with van der Waals surface area (Å²) in [6.45, 7) is 7.12. The van der Waals surface area contributed by atoms with Gasteiger partial charge in [0.2, 0.25) is 0 Å². The average Bonchev–Trinajstić information content (AvgIpc) is 3.05. The molecule has 0 aliphatic carbocycles. The Balaban J connectivity index is 1.64. The molecule has 0 atom stereocenters. The maximum atomic E-state index is 13.8. The monoisotopic (exact) mass is 320 g/mol. The maximum Gasteiger partial charge on any atom is 0.324 e. The summed E-state index contributed by atoms with van der Waals surface area (Å²) in [4.78, 5) is 8.62. The molecular weight excluding hydrogens is 299 g/mol. The van der Waals surface area contributed by atoms with Crippen molar-refractivity contribution in [1.29, 1.82) is 0 Å². The molecule has 0 spiro atoms. The van der Waals surface area contributed by atoms with Crippen molar-refractivity contribution in [2.75, 3.05) is 43.1 Å². The van der Waals surface area contributed by atoms with Crippen molar-refractivity contribution in [3.63, 3.8) is 0 Å². The summed E-state index contributed by atoms with van der Waals surface area (Å²) >= 11 is 0. The van der Waals surface area contributed by atoms with Gasteiger partial charge in [0.05, 0.1) is 7.11 Å². The average molecular weight is 320 g/mol. The molecule has 0 bridgehead atoms. The molecule has 6 nitrogen and oxygen atoms in total. The van der Waals surface area contributed by atoms with Gasteiger partial charge in [-0.3, -0.25) is 0 Å². The lowest BCUT2D eigenvalue weighted by Gasteiger charge is -2.35. The first-order valence-corrected chi connectivity index (χ1v) is 7.75. The summed E-state index contributed by atoms with van der Waals surface area (Å²) in [6.07, 6.45) is 0. The number of methoxy groups -OCH3 is 1. The van der Waals surface area contributed by atoms with E-state index in [-0.39, 0.29) is 17.5 Å². The second kappa shape index (κ2) is 6.44. The fourth-order valence-electron chi connectivity index (χ4n) is 2.60. The lowest BCUT2D eigenvalue weighted by atomic mass is 10.2. The number of ether oxygens (including phenoxy) is 1. The van der Waals surface area contributed by atoms with Gasteiger partial charge in [-0.1, -0.05) is 19.0 Å². The lowest BCUT2D eigenvalue weighted by molar-refractivity contribution is 0.386. The van der Waals surface area contributed by atoms with E-state index in [1.54, 1.807) is 6.07 Å². The number of benzene rings is 1. The highest BCUT2D eigenvalue weighted by atomic mass is 19.1. The van der Waals surface area contributed by atoms with Crippen molar-refractivity contribution in [3.05, 3.63) is 29.8 Å². The molecule has 7 heteroatoms. The summed E-state index contributed by atoms with van der Waals surface area (Å²) in [5.74, 6) is 0.890. The van der Waals surface area contributed by atoms with Crippen LogP contribution in [0, 0.1) is 5.82 Å². The van der Waals surface area contributed by atoms with Crippen LogP contribution in [0.4, 0.5) is 16.1 Å². The van der Waals surface area contributed by atoms with Crippen molar-refractivity contribution in [2.24, 2.45) is 0 Å². The zero-order valence-electron chi connectivity index (χ0n) is 13.6. The van der Waals surface area contributed by atoms with Crippen LogP contribution in [0.5, 0.6) is 5.75 Å². The summed E-state index contributed by atoms with van der Waals surface area (Å²) in [5, 5.41) is 3.99. The molecule has 0 saturated carbocycles. The summed E-state index contributed by atoms with van der Waals surface area (Å²) in [6, 6.07) is 5.61. The van der Waals surface area contributed by atoms with Crippen LogP contribution in [0.3, 0.4) is 0 Å². The number of aromatic nitrogens is 2. The topological polar surface area (TPSA) is 54.6 Å². The quantitative estimate of drug-likeness (QED) is 0.863. The highest BCUT2D eigenvalue weighted by Gasteiger charge is 2.22. The molecule has 1 aliphatic heterocycles. The van der Waals surface area contributed by atoms with Crippen LogP contribution in [-0.4, -0.2) is 43.4 Å². The first-order valence-electron chi connectivity index (χ1n) is 7.75. The maximum absolute atomic E-state index is 13.8. The van der Waals surface area contributed by atoms with E-state index < -0.39 is 0 Å². The van der Waals surface area contributed by atoms with E-state index in [9.17, 15) is 4.39 Å². The van der Waals surface area contributed by atoms with Crippen LogP contribution in [0.15, 0.2) is 22.7 Å². The Morgan fingerprint density at radius 3 is 2.43 bits per heavy atom. The van der Waals surface area contributed by atoms with Gasteiger partial charge >= 0.3 is 6.01 Å². The molecule has 2 aromatic rings. The van der Waals surface area contributed by atoms with Gasteiger partial charge in [-0.2, -0.15) is 4.98 Å². The molecule has 1 aromatic heterocycles. The Morgan fingerprint density at radius 2 is 1.87 bits per heavy atom. The van der Waals surface area contributed by atoms with Gasteiger partial charge in [-0.25, -0.2) is 4.39 Å². The normalized spacial score (nSPS) is 15.3. The fourth-order valence-corrected chi connectivity index (χ4v) is 2.60. The van der Waals surface area contributed by atoms with Crippen molar-refractivity contribution in [2.45, 2.75) is 19.8 Å². The second-order valence-electron chi connectivity index (χ2n) is 5.88. The van der Waals surface area contributed by atoms with Crippen molar-refractivity contribution in [3.8, 4) is 5.75 Å². The number of halogens is 1. The zero-order valence-corrected chi connectivity index (χ0v) is 13.6. The van der Waals surface area contributed by atoms with Gasteiger partial charge < -0.3 is 19.1 Å². The SMILES string of the molecule is COc1ccc(N2CCN(c3nc(C(C)C)no3)CC2)cc1F. The molecular formula is C16H21FN4O2. The number of hydrogen-bond acceptors (Lipinski definition) is 6. The van der Waals surface area contributed by atoms with Gasteiger partial charge in [0.25, 0.3) is 0 Å². The van der Waals surface area contributed by atoms with Gasteiger partial charge in [-0.15, -0.1) is 0 Å². The number of anilines is 2. The molecule has 3 rings (SSSR count).